The number of pyridine rings is 1. The molecule has 2 aromatic heterocycles. The van der Waals surface area contributed by atoms with Gasteiger partial charge in [0.1, 0.15) is 24.2 Å². The number of nitrogens with two attached hydrogens (primary N) is 1. The quantitative estimate of drug-likeness (QED) is 0.363. The third-order valence-corrected chi connectivity index (χ3v) is 5.25. The fraction of sp³-hybridized carbons (Fsp3) is 0.263. The van der Waals surface area contributed by atoms with Crippen LogP contribution in [-0.4, -0.2) is 25.0 Å². The zero-order valence-electron chi connectivity index (χ0n) is 15.5. The van der Waals surface area contributed by atoms with Gasteiger partial charge in [-0.2, -0.15) is 5.26 Å². The molecule has 3 aromatic rings. The maximum absolute atomic E-state index is 14.1. The van der Waals surface area contributed by atoms with E-state index < -0.39 is 17.4 Å². The monoisotopic (exact) mass is 401 g/mol. The number of nitrogen functional groups attached to an aromatic ring is 1. The van der Waals surface area contributed by atoms with Crippen LogP contribution in [0.15, 0.2) is 30.6 Å². The van der Waals surface area contributed by atoms with Gasteiger partial charge in [0.05, 0.1) is 10.9 Å². The highest BCUT2D eigenvalue weighted by molar-refractivity contribution is 6.55. The Labute approximate surface area is 162 Å². The summed E-state index contributed by atoms with van der Waals surface area (Å²) in [5.41, 5.74) is 6.09. The second-order valence-corrected chi connectivity index (χ2v) is 9.46. The van der Waals surface area contributed by atoms with Crippen LogP contribution in [0, 0.1) is 23.0 Å². The Morgan fingerprint density at radius 2 is 2.00 bits per heavy atom. The van der Waals surface area contributed by atoms with E-state index in [2.05, 4.69) is 24.1 Å². The van der Waals surface area contributed by atoms with Gasteiger partial charge in [-0.3, -0.25) is 0 Å². The number of aromatic nitrogens is 2. The van der Waals surface area contributed by atoms with Gasteiger partial charge in [0.15, 0.2) is 17.4 Å². The molecule has 0 aliphatic heterocycles. The third-order valence-electron chi connectivity index (χ3n) is 4.05. The maximum Gasteiger partial charge on any atom is 0.198 e. The molecule has 3 rings (SSSR count). The molecular weight excluding hydrogens is 382 g/mol. The van der Waals surface area contributed by atoms with Crippen molar-refractivity contribution in [1.82, 2.24) is 9.55 Å². The number of benzene rings is 1. The molecular formula is C19H19F2N4O2Si. The Kier molecular flexibility index (Phi) is 5.92. The topological polar surface area (TPSA) is 86.1 Å². The Morgan fingerprint density at radius 1 is 1.29 bits per heavy atom. The standard InChI is InChI=1S/C19H19F2N4O2Si/c1-28(2)6-5-26-11-25-10-12(9-22)17-16(3-4-24-19(17)25)27-18-14(20)7-13(23)8-15(18)21/h3-4,7-8,10H,5-6,11,23H2,1-2H3. The van der Waals surface area contributed by atoms with Crippen molar-refractivity contribution in [1.29, 1.82) is 5.26 Å². The van der Waals surface area contributed by atoms with Crippen LogP contribution in [-0.2, 0) is 11.5 Å². The molecule has 6 nitrogen and oxygen atoms in total. The van der Waals surface area contributed by atoms with Gasteiger partial charge in [-0.15, -0.1) is 0 Å². The van der Waals surface area contributed by atoms with E-state index in [0.29, 0.717) is 17.6 Å². The summed E-state index contributed by atoms with van der Waals surface area (Å²) in [6, 6.07) is 6.46. The van der Waals surface area contributed by atoms with E-state index in [1.165, 1.54) is 12.3 Å². The van der Waals surface area contributed by atoms with Crippen LogP contribution in [0.25, 0.3) is 11.0 Å². The summed E-state index contributed by atoms with van der Waals surface area (Å²) in [4.78, 5) is 4.28. The molecule has 0 aliphatic rings. The lowest BCUT2D eigenvalue weighted by Crippen LogP contribution is -2.08. The number of ether oxygens (including phenoxy) is 2. The second-order valence-electron chi connectivity index (χ2n) is 6.54. The number of nitriles is 1. The normalized spacial score (nSPS) is 11.1. The first-order valence-electron chi connectivity index (χ1n) is 8.57. The van der Waals surface area contributed by atoms with Gasteiger partial charge in [-0.05, 0) is 12.1 Å². The Balaban J connectivity index is 1.95. The van der Waals surface area contributed by atoms with Gasteiger partial charge in [0.2, 0.25) is 0 Å². The molecule has 0 amide bonds. The lowest BCUT2D eigenvalue weighted by Gasteiger charge is -2.11. The van der Waals surface area contributed by atoms with Crippen molar-refractivity contribution in [3.8, 4) is 17.6 Å². The summed E-state index contributed by atoms with van der Waals surface area (Å²) < 4.78 is 41.0. The molecule has 0 saturated carbocycles. The molecule has 1 aromatic carbocycles. The SMILES string of the molecule is C[Si](C)CCOCn1cc(C#N)c2c(Oc3c(F)cc(N)cc3F)ccnc21. The highest BCUT2D eigenvalue weighted by atomic mass is 28.3. The first-order valence-corrected chi connectivity index (χ1v) is 11.3. The predicted molar refractivity (Wildman–Crippen MR) is 104 cm³/mol. The summed E-state index contributed by atoms with van der Waals surface area (Å²) in [6.45, 7) is 5.23. The van der Waals surface area contributed by atoms with E-state index in [1.54, 1.807) is 10.8 Å². The lowest BCUT2D eigenvalue weighted by molar-refractivity contribution is 0.0902. The Bertz CT molecular complexity index is 1020. The minimum absolute atomic E-state index is 0.0492. The van der Waals surface area contributed by atoms with Crippen molar-refractivity contribution in [2.24, 2.45) is 0 Å². The fourth-order valence-electron chi connectivity index (χ4n) is 2.68. The van der Waals surface area contributed by atoms with E-state index in [0.717, 1.165) is 18.2 Å². The average Bonchev–Trinajstić information content (AvgIpc) is 3.00. The van der Waals surface area contributed by atoms with E-state index in [9.17, 15) is 14.0 Å². The van der Waals surface area contributed by atoms with Gasteiger partial charge in [-0.1, -0.05) is 13.1 Å². The van der Waals surface area contributed by atoms with Crippen molar-refractivity contribution < 1.29 is 18.3 Å². The van der Waals surface area contributed by atoms with Crippen LogP contribution >= 0.6 is 0 Å². The molecule has 0 unspecified atom stereocenters. The first kappa shape index (κ1) is 19.8. The van der Waals surface area contributed by atoms with Crippen LogP contribution < -0.4 is 10.5 Å². The van der Waals surface area contributed by atoms with E-state index in [4.69, 9.17) is 15.2 Å². The van der Waals surface area contributed by atoms with Crippen LogP contribution in [0.5, 0.6) is 11.5 Å². The largest absolute Gasteiger partial charge is 0.450 e. The molecule has 0 spiro atoms. The van der Waals surface area contributed by atoms with Crippen molar-refractivity contribution in [3.63, 3.8) is 0 Å². The van der Waals surface area contributed by atoms with Crippen LogP contribution in [0.3, 0.4) is 0 Å². The smallest absolute Gasteiger partial charge is 0.198 e. The molecule has 0 bridgehead atoms. The number of fused-ring (bicyclic) bond motifs is 1. The average molecular weight is 401 g/mol. The summed E-state index contributed by atoms with van der Waals surface area (Å²) in [5.74, 6) is -2.33. The fourth-order valence-corrected chi connectivity index (χ4v) is 3.23. The zero-order valence-corrected chi connectivity index (χ0v) is 16.5. The van der Waals surface area contributed by atoms with Gasteiger partial charge in [0, 0.05) is 45.6 Å². The Morgan fingerprint density at radius 3 is 2.64 bits per heavy atom. The predicted octanol–water partition coefficient (Wildman–Crippen LogP) is 4.29. The molecule has 2 N–H and O–H groups in total. The summed E-state index contributed by atoms with van der Waals surface area (Å²) in [5, 5.41) is 9.84. The highest BCUT2D eigenvalue weighted by Gasteiger charge is 2.19. The van der Waals surface area contributed by atoms with Crippen molar-refractivity contribution in [2.75, 3.05) is 12.3 Å². The van der Waals surface area contributed by atoms with Crippen LogP contribution in [0.4, 0.5) is 14.5 Å². The first-order chi connectivity index (χ1) is 13.4. The summed E-state index contributed by atoms with van der Waals surface area (Å²) in [6.07, 6.45) is 3.03. The molecule has 0 fully saturated rings. The number of halogens is 2. The molecule has 145 valence electrons. The second kappa shape index (κ2) is 8.37. The molecule has 28 heavy (non-hydrogen) atoms. The number of rotatable bonds is 7. The molecule has 9 heteroatoms. The van der Waals surface area contributed by atoms with Gasteiger partial charge in [-0.25, -0.2) is 13.8 Å². The van der Waals surface area contributed by atoms with E-state index in [1.807, 2.05) is 0 Å². The molecule has 1 radical (unpaired) electrons. The van der Waals surface area contributed by atoms with Crippen molar-refractivity contribution in [3.05, 3.63) is 47.8 Å². The molecule has 0 atom stereocenters. The maximum atomic E-state index is 14.1. The van der Waals surface area contributed by atoms with E-state index in [-0.39, 0.29) is 32.5 Å². The Hall–Kier alpha value is -2.96. The molecule has 0 aliphatic carbocycles. The van der Waals surface area contributed by atoms with Crippen molar-refractivity contribution in [2.45, 2.75) is 25.9 Å². The third kappa shape index (κ3) is 4.13. The number of hydrogen-bond acceptors (Lipinski definition) is 5. The van der Waals surface area contributed by atoms with Crippen molar-refractivity contribution >= 4 is 25.5 Å². The molecule has 2 heterocycles. The van der Waals surface area contributed by atoms with Gasteiger partial charge < -0.3 is 19.8 Å². The number of hydrogen-bond donors (Lipinski definition) is 1. The summed E-state index contributed by atoms with van der Waals surface area (Å²) >= 11 is 0. The van der Waals surface area contributed by atoms with Gasteiger partial charge in [0.25, 0.3) is 0 Å². The van der Waals surface area contributed by atoms with E-state index >= 15 is 0 Å². The lowest BCUT2D eigenvalue weighted by atomic mass is 10.2. The number of nitrogens with zero attached hydrogens (tertiary/aromatic N) is 3. The van der Waals surface area contributed by atoms with Gasteiger partial charge >= 0.3 is 0 Å². The highest BCUT2D eigenvalue weighted by Crippen LogP contribution is 2.35. The summed E-state index contributed by atoms with van der Waals surface area (Å²) in [7, 11) is -0.384. The molecule has 0 saturated heterocycles. The van der Waals surface area contributed by atoms with Crippen LogP contribution in [0.2, 0.25) is 19.1 Å². The minimum Gasteiger partial charge on any atom is -0.450 e. The number of anilines is 1. The zero-order chi connectivity index (χ0) is 20.3. The van der Waals surface area contributed by atoms with Crippen LogP contribution in [0.1, 0.15) is 5.56 Å². The minimum atomic E-state index is -0.930.